The smallest absolute Gasteiger partial charge is 0.311 e. The normalized spacial score (nSPS) is 26.5. The van der Waals surface area contributed by atoms with Gasteiger partial charge in [-0.2, -0.15) is 0 Å². The highest BCUT2D eigenvalue weighted by atomic mass is 16.6. The Balaban J connectivity index is 0.000000415. The summed E-state index contributed by atoms with van der Waals surface area (Å²) in [7, 11) is 0. The molecule has 0 radical (unpaired) electrons. The number of hydrogen-bond acceptors (Lipinski definition) is 12. The number of aliphatic carboxylic acids is 2. The van der Waals surface area contributed by atoms with Gasteiger partial charge in [0.05, 0.1) is 83.5 Å². The molecule has 2 saturated carbocycles. The monoisotopic (exact) mass is 957 g/mol. The molecule has 6 rings (SSSR count). The van der Waals surface area contributed by atoms with Crippen LogP contribution in [0.1, 0.15) is 201 Å². The van der Waals surface area contributed by atoms with E-state index in [0.29, 0.717) is 81.1 Å². The van der Waals surface area contributed by atoms with Crippen molar-refractivity contribution < 1.29 is 67.3 Å². The van der Waals surface area contributed by atoms with E-state index in [2.05, 4.69) is 13.8 Å². The highest BCUT2D eigenvalue weighted by Crippen LogP contribution is 2.41. The van der Waals surface area contributed by atoms with Gasteiger partial charge in [0.2, 0.25) is 0 Å². The Labute approximate surface area is 405 Å². The number of fused-ring (bicyclic) bond motifs is 2. The fourth-order valence-electron chi connectivity index (χ4n) is 6.22. The molecule has 14 nitrogen and oxygen atoms in total. The molecular formula is C53H96O14. The van der Waals surface area contributed by atoms with Crippen molar-refractivity contribution in [3.05, 3.63) is 0 Å². The van der Waals surface area contributed by atoms with Gasteiger partial charge in [0.1, 0.15) is 12.7 Å². The molecule has 6 aliphatic rings. The van der Waals surface area contributed by atoms with E-state index < -0.39 is 22.8 Å². The number of carboxylic acid groups (broad SMARTS) is 2. The maximum atomic E-state index is 11.8. The van der Waals surface area contributed by atoms with Crippen molar-refractivity contribution in [1.82, 2.24) is 0 Å². The summed E-state index contributed by atoms with van der Waals surface area (Å²) in [5, 5.41) is 16.9. The SMILES string of the molecule is CCC(C)(C)C(=O)O.CCC(C)(C)C(=O)O.CCC(C)(C)C(=O)OCC1CCC2OC2C1.CCC(C)(C)C(=O)OCC1CCC2OC2C1.CCC(C)(C)C(=O)OCC1CO1.CCC1OC1CC. The van der Waals surface area contributed by atoms with Crippen molar-refractivity contribution in [3.8, 4) is 0 Å². The van der Waals surface area contributed by atoms with Crippen molar-refractivity contribution in [3.63, 3.8) is 0 Å². The van der Waals surface area contributed by atoms with E-state index in [1.165, 1.54) is 12.8 Å². The van der Waals surface area contributed by atoms with Gasteiger partial charge in [0.25, 0.3) is 0 Å². The Morgan fingerprint density at radius 2 is 0.746 bits per heavy atom. The lowest BCUT2D eigenvalue weighted by Gasteiger charge is -2.24. The van der Waals surface area contributed by atoms with E-state index in [0.717, 1.165) is 64.4 Å². The maximum absolute atomic E-state index is 11.8. The van der Waals surface area contributed by atoms with E-state index in [-0.39, 0.29) is 40.3 Å². The largest absolute Gasteiger partial charge is 0.481 e. The second-order valence-electron chi connectivity index (χ2n) is 22.4. The van der Waals surface area contributed by atoms with Crippen LogP contribution in [0.15, 0.2) is 0 Å². The van der Waals surface area contributed by atoms with E-state index in [1.807, 2.05) is 76.2 Å². The summed E-state index contributed by atoms with van der Waals surface area (Å²) in [4.78, 5) is 55.4. The topological polar surface area (TPSA) is 204 Å². The van der Waals surface area contributed by atoms with Crippen LogP contribution in [0.2, 0.25) is 0 Å². The summed E-state index contributed by atoms with van der Waals surface area (Å²) >= 11 is 0. The average Bonchev–Trinajstić information content (AvgIpc) is 4.08. The number of carboxylic acids is 2. The molecule has 392 valence electrons. The van der Waals surface area contributed by atoms with Crippen LogP contribution in [0.5, 0.6) is 0 Å². The van der Waals surface area contributed by atoms with Crippen molar-refractivity contribution in [2.45, 2.75) is 244 Å². The maximum Gasteiger partial charge on any atom is 0.311 e. The predicted octanol–water partition coefficient (Wildman–Crippen LogP) is 11.0. The summed E-state index contributed by atoms with van der Waals surface area (Å²) in [6, 6.07) is 0. The van der Waals surface area contributed by atoms with Gasteiger partial charge >= 0.3 is 29.8 Å². The first kappa shape index (κ1) is 62.2. The van der Waals surface area contributed by atoms with Crippen LogP contribution in [0.4, 0.5) is 0 Å². The molecule has 2 aliphatic carbocycles. The Kier molecular flexibility index (Phi) is 26.1. The number of carbonyl (C=O) groups excluding carboxylic acids is 3. The fraction of sp³-hybridized carbons (Fsp3) is 0.906. The first-order chi connectivity index (χ1) is 31.0. The Morgan fingerprint density at radius 1 is 0.448 bits per heavy atom. The molecule has 6 fully saturated rings. The molecule has 0 aromatic rings. The number of rotatable bonds is 18. The zero-order chi connectivity index (χ0) is 51.6. The van der Waals surface area contributed by atoms with Gasteiger partial charge in [-0.3, -0.25) is 24.0 Å². The Morgan fingerprint density at radius 3 is 0.955 bits per heavy atom. The molecule has 4 aliphatic heterocycles. The lowest BCUT2D eigenvalue weighted by atomic mass is 9.89. The molecule has 14 heteroatoms. The molecule has 67 heavy (non-hydrogen) atoms. The van der Waals surface area contributed by atoms with Crippen molar-refractivity contribution in [2.24, 2.45) is 38.9 Å². The Bertz CT molecular complexity index is 1420. The van der Waals surface area contributed by atoms with Gasteiger partial charge in [-0.25, -0.2) is 0 Å². The molecule has 0 spiro atoms. The molecular weight excluding hydrogens is 861 g/mol. The minimum atomic E-state index is -0.722. The number of hydrogen-bond donors (Lipinski definition) is 2. The lowest BCUT2D eigenvalue weighted by Crippen LogP contribution is -2.29. The third-order valence-electron chi connectivity index (χ3n) is 14.7. The van der Waals surface area contributed by atoms with Gasteiger partial charge in [0, 0.05) is 0 Å². The molecule has 0 amide bonds. The van der Waals surface area contributed by atoms with Gasteiger partial charge < -0.3 is 43.4 Å². The summed E-state index contributed by atoms with van der Waals surface area (Å²) < 4.78 is 36.9. The van der Waals surface area contributed by atoms with Crippen LogP contribution in [-0.4, -0.2) is 109 Å². The highest BCUT2D eigenvalue weighted by Gasteiger charge is 2.45. The predicted molar refractivity (Wildman–Crippen MR) is 259 cm³/mol. The molecule has 9 unspecified atom stereocenters. The molecule has 0 bridgehead atoms. The summed E-state index contributed by atoms with van der Waals surface area (Å²) in [6.07, 6.45) is 16.3. The zero-order valence-electron chi connectivity index (χ0n) is 45.0. The summed E-state index contributed by atoms with van der Waals surface area (Å²) in [6.45, 7) is 34.8. The van der Waals surface area contributed by atoms with Crippen LogP contribution in [0, 0.1) is 38.9 Å². The molecule has 0 aromatic heterocycles. The standard InChI is InChI=1S/2C13H22O3.C9H16O3.2C6H12O2.C6H12O/c2*1-4-13(2,3)12(14)15-8-9-5-6-10-11(7-9)16-10;1-4-9(2,3)8(10)12-6-7-5-11-7;2*1-4-6(2,3)5(7)8;1-3-5-6(4-2)7-5/h2*9-11H,4-8H2,1-3H3;7H,4-6H2,1-3H3;2*4H2,1-3H3,(H,7,8);5-6H,3-4H2,1-2H3. The van der Waals surface area contributed by atoms with Gasteiger partial charge in [0.15, 0.2) is 0 Å². The summed E-state index contributed by atoms with van der Waals surface area (Å²) in [5.74, 6) is -0.663. The van der Waals surface area contributed by atoms with Crippen LogP contribution < -0.4 is 0 Å². The quantitative estimate of drug-likeness (QED) is 0.0745. The van der Waals surface area contributed by atoms with Crippen LogP contribution in [-0.2, 0) is 57.1 Å². The number of ether oxygens (including phenoxy) is 7. The fourth-order valence-corrected chi connectivity index (χ4v) is 6.22. The molecule has 0 aromatic carbocycles. The van der Waals surface area contributed by atoms with Crippen molar-refractivity contribution >= 4 is 29.8 Å². The number of esters is 3. The van der Waals surface area contributed by atoms with Gasteiger partial charge in [-0.05, 0) is 165 Å². The van der Waals surface area contributed by atoms with Crippen LogP contribution in [0.25, 0.3) is 0 Å². The Hall–Kier alpha value is -2.81. The third-order valence-corrected chi connectivity index (χ3v) is 14.7. The van der Waals surface area contributed by atoms with E-state index in [4.69, 9.17) is 43.4 Å². The number of carbonyl (C=O) groups is 5. The number of epoxide rings is 4. The van der Waals surface area contributed by atoms with E-state index in [1.54, 1.807) is 27.7 Å². The third kappa shape index (κ3) is 23.6. The molecule has 4 saturated heterocycles. The molecule has 9 atom stereocenters. The van der Waals surface area contributed by atoms with Gasteiger partial charge in [-0.15, -0.1) is 0 Å². The van der Waals surface area contributed by atoms with E-state index in [9.17, 15) is 24.0 Å². The highest BCUT2D eigenvalue weighted by molar-refractivity contribution is 5.77. The second kappa shape index (κ2) is 28.1. The van der Waals surface area contributed by atoms with Crippen LogP contribution in [0.3, 0.4) is 0 Å². The minimum absolute atomic E-state index is 0.0613. The minimum Gasteiger partial charge on any atom is -0.481 e. The molecule has 4 heterocycles. The van der Waals surface area contributed by atoms with Crippen LogP contribution >= 0.6 is 0 Å². The summed E-state index contributed by atoms with van der Waals surface area (Å²) in [5.41, 5.74) is -2.12. The average molecular weight is 957 g/mol. The first-order valence-electron chi connectivity index (χ1n) is 25.6. The zero-order valence-corrected chi connectivity index (χ0v) is 45.0. The molecule has 2 N–H and O–H groups in total. The van der Waals surface area contributed by atoms with Crippen molar-refractivity contribution in [1.29, 1.82) is 0 Å². The first-order valence-corrected chi connectivity index (χ1v) is 25.6. The van der Waals surface area contributed by atoms with Crippen molar-refractivity contribution in [2.75, 3.05) is 26.4 Å². The van der Waals surface area contributed by atoms with Gasteiger partial charge in [-0.1, -0.05) is 48.5 Å². The van der Waals surface area contributed by atoms with E-state index >= 15 is 0 Å². The second-order valence-corrected chi connectivity index (χ2v) is 22.4. The lowest BCUT2D eigenvalue weighted by molar-refractivity contribution is -0.156.